The van der Waals surface area contributed by atoms with E-state index < -0.39 is 4.92 Å². The zero-order valence-corrected chi connectivity index (χ0v) is 11.5. The third kappa shape index (κ3) is 2.65. The largest absolute Gasteiger partial charge is 0.481 e. The van der Waals surface area contributed by atoms with Crippen LogP contribution in [0.2, 0.25) is 5.02 Å². The van der Waals surface area contributed by atoms with E-state index in [0.717, 1.165) is 0 Å². The zero-order valence-electron chi connectivity index (χ0n) is 10.8. The lowest BCUT2D eigenvalue weighted by Gasteiger charge is -2.10. The standard InChI is InChI=1S/C13H11ClN2O4/c1-19-11-7-10(12(14)13(15-11)20-2)8-4-3-5-9(6-8)16(17)18/h3-7H,1-2H3. The summed E-state index contributed by atoms with van der Waals surface area (Å²) in [6.07, 6.45) is 0. The van der Waals surface area contributed by atoms with Crippen molar-refractivity contribution >= 4 is 17.3 Å². The Labute approximate surface area is 120 Å². The van der Waals surface area contributed by atoms with Crippen LogP contribution in [0.25, 0.3) is 11.1 Å². The topological polar surface area (TPSA) is 74.5 Å². The summed E-state index contributed by atoms with van der Waals surface area (Å²) in [7, 11) is 2.90. The van der Waals surface area contributed by atoms with Gasteiger partial charge in [-0.1, -0.05) is 23.7 Å². The first-order valence-electron chi connectivity index (χ1n) is 5.60. The van der Waals surface area contributed by atoms with Gasteiger partial charge in [-0.25, -0.2) is 0 Å². The van der Waals surface area contributed by atoms with Crippen molar-refractivity contribution in [3.8, 4) is 22.9 Å². The predicted octanol–water partition coefficient (Wildman–Crippen LogP) is 3.33. The monoisotopic (exact) mass is 294 g/mol. The average molecular weight is 295 g/mol. The van der Waals surface area contributed by atoms with Crippen LogP contribution in [0.1, 0.15) is 0 Å². The summed E-state index contributed by atoms with van der Waals surface area (Å²) in [6.45, 7) is 0. The molecule has 0 spiro atoms. The van der Waals surface area contributed by atoms with Crippen LogP contribution in [0.3, 0.4) is 0 Å². The lowest BCUT2D eigenvalue weighted by atomic mass is 10.1. The Kier molecular flexibility index (Phi) is 4.05. The number of non-ortho nitro benzene ring substituents is 1. The molecule has 0 radical (unpaired) electrons. The first-order valence-corrected chi connectivity index (χ1v) is 5.98. The molecule has 6 nitrogen and oxygen atoms in total. The lowest BCUT2D eigenvalue weighted by Crippen LogP contribution is -1.95. The minimum Gasteiger partial charge on any atom is -0.481 e. The van der Waals surface area contributed by atoms with Crippen molar-refractivity contribution in [1.29, 1.82) is 0 Å². The number of pyridine rings is 1. The van der Waals surface area contributed by atoms with E-state index in [2.05, 4.69) is 4.98 Å². The highest BCUT2D eigenvalue weighted by molar-refractivity contribution is 6.34. The zero-order chi connectivity index (χ0) is 14.7. The maximum atomic E-state index is 10.8. The number of rotatable bonds is 4. The number of nitro groups is 1. The Morgan fingerprint density at radius 2 is 2.00 bits per heavy atom. The number of methoxy groups -OCH3 is 2. The van der Waals surface area contributed by atoms with E-state index in [0.29, 0.717) is 17.0 Å². The number of hydrogen-bond acceptors (Lipinski definition) is 5. The van der Waals surface area contributed by atoms with Gasteiger partial charge < -0.3 is 9.47 Å². The van der Waals surface area contributed by atoms with Gasteiger partial charge in [-0.3, -0.25) is 10.1 Å². The van der Waals surface area contributed by atoms with Crippen LogP contribution in [0.5, 0.6) is 11.8 Å². The second kappa shape index (κ2) is 5.75. The molecule has 0 aliphatic heterocycles. The molecule has 0 atom stereocenters. The summed E-state index contributed by atoms with van der Waals surface area (Å²) in [5.74, 6) is 0.514. The number of halogens is 1. The van der Waals surface area contributed by atoms with Crippen molar-refractivity contribution in [1.82, 2.24) is 4.98 Å². The van der Waals surface area contributed by atoms with E-state index in [1.807, 2.05) is 0 Å². The van der Waals surface area contributed by atoms with Crippen LogP contribution >= 0.6 is 11.6 Å². The second-order valence-electron chi connectivity index (χ2n) is 3.84. The lowest BCUT2D eigenvalue weighted by molar-refractivity contribution is -0.384. The average Bonchev–Trinajstić information content (AvgIpc) is 2.47. The Bertz CT molecular complexity index is 661. The summed E-state index contributed by atoms with van der Waals surface area (Å²) in [5.41, 5.74) is 1.12. The molecule has 0 saturated carbocycles. The number of benzene rings is 1. The van der Waals surface area contributed by atoms with Crippen LogP contribution in [0, 0.1) is 10.1 Å². The predicted molar refractivity (Wildman–Crippen MR) is 74.4 cm³/mol. The van der Waals surface area contributed by atoms with Gasteiger partial charge in [-0.15, -0.1) is 0 Å². The van der Waals surface area contributed by atoms with Crippen molar-refractivity contribution in [3.05, 3.63) is 45.5 Å². The third-order valence-corrected chi connectivity index (χ3v) is 3.04. The molecule has 2 rings (SSSR count). The van der Waals surface area contributed by atoms with Crippen molar-refractivity contribution in [2.75, 3.05) is 14.2 Å². The van der Waals surface area contributed by atoms with Gasteiger partial charge in [0, 0.05) is 23.8 Å². The quantitative estimate of drug-likeness (QED) is 0.638. The first-order chi connectivity index (χ1) is 9.56. The molecule has 0 unspecified atom stereocenters. The Hall–Kier alpha value is -2.34. The van der Waals surface area contributed by atoms with Crippen LogP contribution in [-0.4, -0.2) is 24.1 Å². The molecule has 0 aliphatic rings. The first kappa shape index (κ1) is 14.1. The number of ether oxygens (including phenoxy) is 2. The molecular weight excluding hydrogens is 284 g/mol. The Balaban J connectivity index is 2.62. The van der Waals surface area contributed by atoms with E-state index in [9.17, 15) is 10.1 Å². The highest BCUT2D eigenvalue weighted by Gasteiger charge is 2.15. The van der Waals surface area contributed by atoms with E-state index in [1.165, 1.54) is 26.4 Å². The molecule has 0 N–H and O–H groups in total. The van der Waals surface area contributed by atoms with Crippen LogP contribution in [0.15, 0.2) is 30.3 Å². The molecule has 1 heterocycles. The maximum Gasteiger partial charge on any atom is 0.270 e. The van der Waals surface area contributed by atoms with E-state index in [1.54, 1.807) is 18.2 Å². The van der Waals surface area contributed by atoms with E-state index >= 15 is 0 Å². The van der Waals surface area contributed by atoms with Crippen LogP contribution in [0.4, 0.5) is 5.69 Å². The molecule has 0 aliphatic carbocycles. The van der Waals surface area contributed by atoms with Crippen LogP contribution in [-0.2, 0) is 0 Å². The molecule has 104 valence electrons. The highest BCUT2D eigenvalue weighted by atomic mass is 35.5. The van der Waals surface area contributed by atoms with Gasteiger partial charge in [-0.05, 0) is 5.56 Å². The Morgan fingerprint density at radius 3 is 2.60 bits per heavy atom. The van der Waals surface area contributed by atoms with E-state index in [-0.39, 0.29) is 16.6 Å². The van der Waals surface area contributed by atoms with Crippen molar-refractivity contribution < 1.29 is 14.4 Å². The van der Waals surface area contributed by atoms with Gasteiger partial charge in [0.25, 0.3) is 5.69 Å². The molecule has 0 bridgehead atoms. The van der Waals surface area contributed by atoms with Gasteiger partial charge in [-0.2, -0.15) is 4.98 Å². The smallest absolute Gasteiger partial charge is 0.270 e. The molecule has 2 aromatic rings. The number of nitrogens with zero attached hydrogens (tertiary/aromatic N) is 2. The second-order valence-corrected chi connectivity index (χ2v) is 4.22. The van der Waals surface area contributed by atoms with E-state index in [4.69, 9.17) is 21.1 Å². The minimum atomic E-state index is -0.465. The molecule has 1 aromatic carbocycles. The fourth-order valence-electron chi connectivity index (χ4n) is 1.72. The summed E-state index contributed by atoms with van der Waals surface area (Å²) in [5, 5.41) is 11.1. The van der Waals surface area contributed by atoms with Gasteiger partial charge in [0.2, 0.25) is 11.8 Å². The number of hydrogen-bond donors (Lipinski definition) is 0. The summed E-state index contributed by atoms with van der Waals surface area (Å²) < 4.78 is 10.1. The molecule has 0 saturated heterocycles. The molecule has 20 heavy (non-hydrogen) atoms. The SMILES string of the molecule is COc1cc(-c2cccc([N+](=O)[O-])c2)c(Cl)c(OC)n1. The fourth-order valence-corrected chi connectivity index (χ4v) is 2.00. The third-order valence-electron chi connectivity index (χ3n) is 2.67. The maximum absolute atomic E-state index is 10.8. The molecule has 1 aromatic heterocycles. The van der Waals surface area contributed by atoms with Gasteiger partial charge in [0.15, 0.2) is 0 Å². The molecule has 0 fully saturated rings. The van der Waals surface area contributed by atoms with Crippen molar-refractivity contribution in [2.45, 2.75) is 0 Å². The molecule has 7 heteroatoms. The normalized spacial score (nSPS) is 10.2. The summed E-state index contributed by atoms with van der Waals surface area (Å²) >= 11 is 6.19. The highest BCUT2D eigenvalue weighted by Crippen LogP contribution is 2.37. The fraction of sp³-hybridized carbons (Fsp3) is 0.154. The van der Waals surface area contributed by atoms with Crippen LogP contribution < -0.4 is 9.47 Å². The summed E-state index contributed by atoms with van der Waals surface area (Å²) in [4.78, 5) is 14.4. The summed E-state index contributed by atoms with van der Waals surface area (Å²) in [6, 6.07) is 7.74. The molecule has 0 amide bonds. The van der Waals surface area contributed by atoms with Crippen molar-refractivity contribution in [2.24, 2.45) is 0 Å². The molecular formula is C13H11ClN2O4. The van der Waals surface area contributed by atoms with Gasteiger partial charge in [0.1, 0.15) is 5.02 Å². The minimum absolute atomic E-state index is 0.0201. The number of aromatic nitrogens is 1. The number of nitro benzene ring substituents is 1. The van der Waals surface area contributed by atoms with Crippen molar-refractivity contribution in [3.63, 3.8) is 0 Å². The Morgan fingerprint density at radius 1 is 1.25 bits per heavy atom. The van der Waals surface area contributed by atoms with Gasteiger partial charge in [0.05, 0.1) is 19.1 Å². The van der Waals surface area contributed by atoms with Gasteiger partial charge >= 0.3 is 0 Å².